The van der Waals surface area contributed by atoms with Crippen LogP contribution in [0, 0.1) is 0 Å². The van der Waals surface area contributed by atoms with E-state index in [-0.39, 0.29) is 12.2 Å². The zero-order chi connectivity index (χ0) is 13.2. The Kier molecular flexibility index (Phi) is 4.67. The first-order chi connectivity index (χ1) is 7.82. The van der Waals surface area contributed by atoms with Gasteiger partial charge in [-0.1, -0.05) is 0 Å². The van der Waals surface area contributed by atoms with Crippen molar-refractivity contribution in [1.29, 1.82) is 0 Å². The van der Waals surface area contributed by atoms with Crippen LogP contribution >= 0.6 is 31.9 Å². The van der Waals surface area contributed by atoms with Crippen molar-refractivity contribution in [2.24, 2.45) is 5.73 Å². The number of hydrogen-bond donors (Lipinski definition) is 3. The Morgan fingerprint density at radius 1 is 1.29 bits per heavy atom. The van der Waals surface area contributed by atoms with Crippen molar-refractivity contribution in [2.75, 3.05) is 5.73 Å². The first-order valence-electron chi connectivity index (χ1n) is 4.59. The number of benzene rings is 1. The lowest BCUT2D eigenvalue weighted by Crippen LogP contribution is -2.32. The van der Waals surface area contributed by atoms with Gasteiger partial charge in [-0.05, 0) is 44.0 Å². The third-order valence-corrected chi connectivity index (χ3v) is 3.44. The molecule has 5 N–H and O–H groups in total. The Hall–Kier alpha value is -0.920. The number of nitrogens with two attached hydrogens (primary N) is 2. The van der Waals surface area contributed by atoms with E-state index in [1.807, 2.05) is 0 Å². The van der Waals surface area contributed by atoms with Gasteiger partial charge in [0.15, 0.2) is 5.78 Å². The van der Waals surface area contributed by atoms with Crippen LogP contribution in [-0.4, -0.2) is 22.9 Å². The summed E-state index contributed by atoms with van der Waals surface area (Å²) in [6.07, 6.45) is -0.252. The molecule has 17 heavy (non-hydrogen) atoms. The minimum Gasteiger partial charge on any atom is -0.480 e. The molecule has 0 aliphatic rings. The van der Waals surface area contributed by atoms with E-state index < -0.39 is 12.0 Å². The average Bonchev–Trinajstić information content (AvgIpc) is 2.24. The number of carboxylic acid groups (broad SMARTS) is 1. The Bertz CT molecular complexity index is 454. The van der Waals surface area contributed by atoms with E-state index in [0.29, 0.717) is 20.2 Å². The van der Waals surface area contributed by atoms with Crippen molar-refractivity contribution in [3.8, 4) is 0 Å². The monoisotopic (exact) mass is 364 g/mol. The smallest absolute Gasteiger partial charge is 0.320 e. The number of anilines is 1. The highest BCUT2D eigenvalue weighted by Crippen LogP contribution is 2.30. The fourth-order valence-electron chi connectivity index (χ4n) is 1.15. The summed E-state index contributed by atoms with van der Waals surface area (Å²) < 4.78 is 1.14. The second kappa shape index (κ2) is 5.61. The molecule has 7 heteroatoms. The Morgan fingerprint density at radius 3 is 2.18 bits per heavy atom. The van der Waals surface area contributed by atoms with E-state index in [1.165, 1.54) is 12.1 Å². The van der Waals surface area contributed by atoms with Gasteiger partial charge in [-0.15, -0.1) is 0 Å². The number of rotatable bonds is 4. The molecule has 1 aromatic carbocycles. The van der Waals surface area contributed by atoms with Crippen LogP contribution in [0.1, 0.15) is 16.8 Å². The van der Waals surface area contributed by atoms with E-state index in [9.17, 15) is 9.59 Å². The zero-order valence-corrected chi connectivity index (χ0v) is 11.8. The molecule has 0 aliphatic heterocycles. The summed E-state index contributed by atoms with van der Waals surface area (Å²) in [5.41, 5.74) is 11.8. The lowest BCUT2D eigenvalue weighted by atomic mass is 10.0. The van der Waals surface area contributed by atoms with Crippen molar-refractivity contribution in [3.05, 3.63) is 26.6 Å². The molecule has 92 valence electrons. The second-order valence-electron chi connectivity index (χ2n) is 3.43. The number of ketones is 1. The van der Waals surface area contributed by atoms with Gasteiger partial charge in [-0.25, -0.2) is 0 Å². The topological polar surface area (TPSA) is 106 Å². The molecule has 0 aromatic heterocycles. The maximum atomic E-state index is 11.7. The number of nitrogen functional groups attached to an aromatic ring is 1. The van der Waals surface area contributed by atoms with Crippen molar-refractivity contribution < 1.29 is 14.7 Å². The Morgan fingerprint density at radius 2 is 1.76 bits per heavy atom. The molecule has 0 saturated carbocycles. The molecule has 0 heterocycles. The number of carboxylic acids is 1. The van der Waals surface area contributed by atoms with Crippen LogP contribution in [0.3, 0.4) is 0 Å². The highest BCUT2D eigenvalue weighted by molar-refractivity contribution is 9.11. The standard InChI is InChI=1S/C10H10Br2N2O3/c11-5-1-4(2-6(12)9(5)14)8(15)3-7(13)10(16)17/h1-2,7H,3,13-14H2,(H,16,17). The molecule has 0 aliphatic carbocycles. The number of carbonyl (C=O) groups excluding carboxylic acids is 1. The van der Waals surface area contributed by atoms with E-state index in [1.54, 1.807) is 0 Å². The van der Waals surface area contributed by atoms with E-state index in [2.05, 4.69) is 31.9 Å². The van der Waals surface area contributed by atoms with Crippen LogP contribution < -0.4 is 11.5 Å². The Labute approximate surface area is 114 Å². The first-order valence-corrected chi connectivity index (χ1v) is 6.17. The maximum Gasteiger partial charge on any atom is 0.320 e. The summed E-state index contributed by atoms with van der Waals surface area (Å²) in [5.74, 6) is -1.55. The van der Waals surface area contributed by atoms with Gasteiger partial charge in [0.25, 0.3) is 0 Å². The molecule has 1 rings (SSSR count). The van der Waals surface area contributed by atoms with Gasteiger partial charge in [0.2, 0.25) is 0 Å². The molecule has 1 unspecified atom stereocenters. The molecular weight excluding hydrogens is 356 g/mol. The largest absolute Gasteiger partial charge is 0.480 e. The fourth-order valence-corrected chi connectivity index (χ4v) is 2.34. The molecule has 0 saturated heterocycles. The number of aliphatic carboxylic acids is 1. The SMILES string of the molecule is Nc1c(Br)cc(C(=O)CC(N)C(=O)O)cc1Br. The van der Waals surface area contributed by atoms with Crippen LogP contribution in [0.4, 0.5) is 5.69 Å². The summed E-state index contributed by atoms with van der Waals surface area (Å²) in [7, 11) is 0. The predicted molar refractivity (Wildman–Crippen MR) is 70.8 cm³/mol. The van der Waals surface area contributed by atoms with E-state index in [0.717, 1.165) is 0 Å². The quantitative estimate of drug-likeness (QED) is 0.557. The van der Waals surface area contributed by atoms with Gasteiger partial charge in [0, 0.05) is 20.9 Å². The molecule has 5 nitrogen and oxygen atoms in total. The molecule has 1 aromatic rings. The molecular formula is C10H10Br2N2O3. The highest BCUT2D eigenvalue weighted by Gasteiger charge is 2.18. The van der Waals surface area contributed by atoms with Crippen LogP contribution in [0.5, 0.6) is 0 Å². The van der Waals surface area contributed by atoms with Crippen molar-refractivity contribution in [1.82, 2.24) is 0 Å². The summed E-state index contributed by atoms with van der Waals surface area (Å²) in [5, 5.41) is 8.62. The number of hydrogen-bond acceptors (Lipinski definition) is 4. The summed E-state index contributed by atoms with van der Waals surface area (Å²) in [6.45, 7) is 0. The van der Waals surface area contributed by atoms with Crippen molar-refractivity contribution >= 4 is 49.3 Å². The van der Waals surface area contributed by atoms with Crippen molar-refractivity contribution in [3.63, 3.8) is 0 Å². The van der Waals surface area contributed by atoms with Gasteiger partial charge in [-0.2, -0.15) is 0 Å². The van der Waals surface area contributed by atoms with Gasteiger partial charge >= 0.3 is 5.97 Å². The summed E-state index contributed by atoms with van der Waals surface area (Å²) >= 11 is 6.41. The van der Waals surface area contributed by atoms with Crippen LogP contribution in [-0.2, 0) is 4.79 Å². The Balaban J connectivity index is 2.94. The summed E-state index contributed by atoms with van der Waals surface area (Å²) in [6, 6.07) is 1.88. The van der Waals surface area contributed by atoms with Gasteiger partial charge in [0.1, 0.15) is 6.04 Å². The van der Waals surface area contributed by atoms with Crippen LogP contribution in [0.25, 0.3) is 0 Å². The molecule has 0 radical (unpaired) electrons. The van der Waals surface area contributed by atoms with Crippen LogP contribution in [0.2, 0.25) is 0 Å². The minimum absolute atomic E-state index is 0.252. The number of Topliss-reactive ketones (excluding diaryl/α,β-unsaturated/α-hetero) is 1. The molecule has 1 atom stereocenters. The van der Waals surface area contributed by atoms with Gasteiger partial charge < -0.3 is 16.6 Å². The maximum absolute atomic E-state index is 11.7. The zero-order valence-electron chi connectivity index (χ0n) is 8.61. The van der Waals surface area contributed by atoms with E-state index in [4.69, 9.17) is 16.6 Å². The molecule has 0 spiro atoms. The minimum atomic E-state index is -1.20. The lowest BCUT2D eigenvalue weighted by molar-refractivity contribution is -0.138. The van der Waals surface area contributed by atoms with Crippen LogP contribution in [0.15, 0.2) is 21.1 Å². The van der Waals surface area contributed by atoms with E-state index >= 15 is 0 Å². The number of carbonyl (C=O) groups is 2. The predicted octanol–water partition coefficient (Wildman–Crippen LogP) is 1.78. The first kappa shape index (κ1) is 14.1. The lowest BCUT2D eigenvalue weighted by Gasteiger charge is -2.08. The third kappa shape index (κ3) is 3.52. The average molecular weight is 366 g/mol. The van der Waals surface area contributed by atoms with Gasteiger partial charge in [0.05, 0.1) is 5.69 Å². The highest BCUT2D eigenvalue weighted by atomic mass is 79.9. The van der Waals surface area contributed by atoms with Crippen molar-refractivity contribution in [2.45, 2.75) is 12.5 Å². The third-order valence-electron chi connectivity index (χ3n) is 2.12. The van der Waals surface area contributed by atoms with Gasteiger partial charge in [-0.3, -0.25) is 9.59 Å². The normalized spacial score (nSPS) is 12.2. The second-order valence-corrected chi connectivity index (χ2v) is 5.13. The fraction of sp³-hybridized carbons (Fsp3) is 0.200. The number of halogens is 2. The molecule has 0 fully saturated rings. The molecule has 0 amide bonds. The summed E-state index contributed by atoms with van der Waals surface area (Å²) in [4.78, 5) is 22.3. The molecule has 0 bridgehead atoms.